The van der Waals surface area contributed by atoms with Gasteiger partial charge in [0.25, 0.3) is 0 Å². The molecule has 0 atom stereocenters. The van der Waals surface area contributed by atoms with Gasteiger partial charge in [-0.25, -0.2) is 0 Å². The van der Waals surface area contributed by atoms with Crippen molar-refractivity contribution in [1.82, 2.24) is 4.57 Å². The van der Waals surface area contributed by atoms with Crippen molar-refractivity contribution < 1.29 is 4.42 Å². The fourth-order valence-corrected chi connectivity index (χ4v) is 10.2. The fourth-order valence-electron chi connectivity index (χ4n) is 8.96. The van der Waals surface area contributed by atoms with E-state index in [1.807, 2.05) is 17.4 Å². The molecule has 9 aromatic carbocycles. The first-order chi connectivity index (χ1) is 28.8. The first-order valence-electron chi connectivity index (χ1n) is 19.7. The van der Waals surface area contributed by atoms with Gasteiger partial charge in [-0.1, -0.05) is 152 Å². The first-order valence-corrected chi connectivity index (χ1v) is 20.5. The van der Waals surface area contributed by atoms with E-state index in [2.05, 4.69) is 210 Å². The lowest BCUT2D eigenvalue weighted by Gasteiger charge is -2.26. The lowest BCUT2D eigenvalue weighted by atomic mass is 9.98. The Kier molecular flexibility index (Phi) is 7.40. The Morgan fingerprint density at radius 3 is 1.71 bits per heavy atom. The molecular formula is C54H34N2OS. The monoisotopic (exact) mass is 758 g/mol. The molecule has 0 spiro atoms. The van der Waals surface area contributed by atoms with E-state index < -0.39 is 0 Å². The summed E-state index contributed by atoms with van der Waals surface area (Å²) in [6.07, 6.45) is 0. The van der Waals surface area contributed by atoms with Gasteiger partial charge in [0.2, 0.25) is 0 Å². The van der Waals surface area contributed by atoms with Crippen LogP contribution in [0.5, 0.6) is 0 Å². The number of furan rings is 1. The molecule has 0 aliphatic carbocycles. The van der Waals surface area contributed by atoms with Crippen molar-refractivity contribution in [3.63, 3.8) is 0 Å². The molecular weight excluding hydrogens is 725 g/mol. The highest BCUT2D eigenvalue weighted by Gasteiger charge is 2.22. The molecule has 58 heavy (non-hydrogen) atoms. The number of thiophene rings is 1. The van der Waals surface area contributed by atoms with E-state index in [0.29, 0.717) is 0 Å². The summed E-state index contributed by atoms with van der Waals surface area (Å²) >= 11 is 1.84. The maximum atomic E-state index is 6.65. The van der Waals surface area contributed by atoms with Crippen molar-refractivity contribution in [2.75, 3.05) is 4.90 Å². The third kappa shape index (κ3) is 5.05. The molecule has 0 aliphatic heterocycles. The predicted molar refractivity (Wildman–Crippen MR) is 247 cm³/mol. The zero-order chi connectivity index (χ0) is 38.2. The average molecular weight is 759 g/mol. The Hall–Kier alpha value is -7.40. The number of hydrogen-bond acceptors (Lipinski definition) is 3. The minimum Gasteiger partial charge on any atom is -0.454 e. The highest BCUT2D eigenvalue weighted by atomic mass is 32.1. The molecule has 3 nitrogen and oxygen atoms in total. The Morgan fingerprint density at radius 2 is 0.948 bits per heavy atom. The van der Waals surface area contributed by atoms with Crippen LogP contribution in [-0.2, 0) is 0 Å². The smallest absolute Gasteiger partial charge is 0.159 e. The molecule has 0 saturated heterocycles. The van der Waals surface area contributed by atoms with Gasteiger partial charge < -0.3 is 13.9 Å². The molecule has 3 aromatic heterocycles. The van der Waals surface area contributed by atoms with Gasteiger partial charge in [0.05, 0.1) is 32.8 Å². The number of para-hydroxylation sites is 5. The highest BCUT2D eigenvalue weighted by Crippen LogP contribution is 2.48. The second-order valence-electron chi connectivity index (χ2n) is 14.9. The van der Waals surface area contributed by atoms with E-state index in [1.165, 1.54) is 64.4 Å². The van der Waals surface area contributed by atoms with Gasteiger partial charge in [0, 0.05) is 48.3 Å². The van der Waals surface area contributed by atoms with Crippen molar-refractivity contribution in [3.8, 4) is 27.9 Å². The average Bonchev–Trinajstić information content (AvgIpc) is 3.97. The van der Waals surface area contributed by atoms with Gasteiger partial charge in [-0.15, -0.1) is 11.3 Å². The first kappa shape index (κ1) is 32.8. The van der Waals surface area contributed by atoms with Crippen LogP contribution in [0.4, 0.5) is 17.1 Å². The Balaban J connectivity index is 0.958. The predicted octanol–water partition coefficient (Wildman–Crippen LogP) is 15.9. The topological polar surface area (TPSA) is 21.3 Å². The van der Waals surface area contributed by atoms with Crippen LogP contribution >= 0.6 is 11.3 Å². The number of rotatable bonds is 6. The fraction of sp³-hybridized carbons (Fsp3) is 0. The SMILES string of the molecule is c1ccc(-n2c3ccccc3c3ccccc32)c(-c2ccc(-c3ccc(N(c4cccc5c4oc4ccccc45)c4cccc5c4sc4ccccc45)cc3)cc2)c1. The van der Waals surface area contributed by atoms with Crippen molar-refractivity contribution in [3.05, 3.63) is 206 Å². The van der Waals surface area contributed by atoms with Crippen molar-refractivity contribution >= 4 is 92.3 Å². The molecule has 0 bridgehead atoms. The van der Waals surface area contributed by atoms with Gasteiger partial charge in [0.1, 0.15) is 5.58 Å². The van der Waals surface area contributed by atoms with Gasteiger partial charge in [0.15, 0.2) is 5.58 Å². The molecule has 3 heterocycles. The lowest BCUT2D eigenvalue weighted by Crippen LogP contribution is -2.10. The second-order valence-corrected chi connectivity index (χ2v) is 15.9. The number of anilines is 3. The van der Waals surface area contributed by atoms with E-state index in [-0.39, 0.29) is 0 Å². The molecule has 0 aliphatic rings. The van der Waals surface area contributed by atoms with Gasteiger partial charge in [-0.05, 0) is 71.3 Å². The molecule has 4 heteroatoms. The van der Waals surface area contributed by atoms with Gasteiger partial charge in [-0.2, -0.15) is 0 Å². The van der Waals surface area contributed by atoms with E-state index in [0.717, 1.165) is 44.6 Å². The van der Waals surface area contributed by atoms with Gasteiger partial charge >= 0.3 is 0 Å². The Morgan fingerprint density at radius 1 is 0.397 bits per heavy atom. The van der Waals surface area contributed by atoms with Gasteiger partial charge in [-0.3, -0.25) is 0 Å². The van der Waals surface area contributed by atoms with E-state index >= 15 is 0 Å². The molecule has 272 valence electrons. The van der Waals surface area contributed by atoms with Crippen LogP contribution in [0.15, 0.2) is 211 Å². The number of benzene rings is 9. The van der Waals surface area contributed by atoms with Crippen LogP contribution in [0.1, 0.15) is 0 Å². The van der Waals surface area contributed by atoms with Crippen LogP contribution in [0.25, 0.3) is 91.9 Å². The zero-order valence-electron chi connectivity index (χ0n) is 31.3. The molecule has 12 rings (SSSR count). The second kappa shape index (κ2) is 13.1. The van der Waals surface area contributed by atoms with E-state index in [1.54, 1.807) is 0 Å². The zero-order valence-corrected chi connectivity index (χ0v) is 32.2. The summed E-state index contributed by atoms with van der Waals surface area (Å²) in [6, 6.07) is 74.3. The summed E-state index contributed by atoms with van der Waals surface area (Å²) < 4.78 is 11.6. The highest BCUT2D eigenvalue weighted by molar-refractivity contribution is 7.26. The molecule has 12 aromatic rings. The summed E-state index contributed by atoms with van der Waals surface area (Å²) in [5.41, 5.74) is 13.3. The third-order valence-corrected chi connectivity index (χ3v) is 12.8. The third-order valence-electron chi connectivity index (χ3n) is 11.6. The molecule has 0 amide bonds. The van der Waals surface area contributed by atoms with Crippen molar-refractivity contribution in [2.24, 2.45) is 0 Å². The quantitative estimate of drug-likeness (QED) is 0.168. The summed E-state index contributed by atoms with van der Waals surface area (Å²) in [5.74, 6) is 0. The minimum atomic E-state index is 0.877. The minimum absolute atomic E-state index is 0.877. The molecule has 0 unspecified atom stereocenters. The van der Waals surface area contributed by atoms with E-state index in [4.69, 9.17) is 4.42 Å². The normalized spacial score (nSPS) is 11.8. The summed E-state index contributed by atoms with van der Waals surface area (Å²) in [4.78, 5) is 2.38. The molecule has 0 N–H and O–H groups in total. The van der Waals surface area contributed by atoms with Crippen LogP contribution in [0, 0.1) is 0 Å². The number of hydrogen-bond donors (Lipinski definition) is 0. The van der Waals surface area contributed by atoms with Crippen molar-refractivity contribution in [2.45, 2.75) is 0 Å². The van der Waals surface area contributed by atoms with Crippen LogP contribution in [0.3, 0.4) is 0 Å². The molecule has 0 fully saturated rings. The maximum absolute atomic E-state index is 6.65. The van der Waals surface area contributed by atoms with Crippen LogP contribution < -0.4 is 4.90 Å². The Bertz CT molecular complexity index is 3350. The summed E-state index contributed by atoms with van der Waals surface area (Å²) in [7, 11) is 0. The standard InChI is InChI=1S/C54H34N2OS/c1-6-20-46(56-47-21-7-2-14-40(47)41-15-3-8-22-48(41)56)39(13-1)37-29-27-35(28-30-37)36-31-33-38(34-32-36)55(49-23-11-18-44-42-16-4-9-25-51(42)57-53(44)49)50-24-12-19-45-43-17-5-10-26-52(43)58-54(45)50/h1-34H. The summed E-state index contributed by atoms with van der Waals surface area (Å²) in [6.45, 7) is 0. The summed E-state index contributed by atoms with van der Waals surface area (Å²) in [5, 5.41) is 7.30. The van der Waals surface area contributed by atoms with Crippen molar-refractivity contribution in [1.29, 1.82) is 0 Å². The number of nitrogens with zero attached hydrogens (tertiary/aromatic N) is 2. The van der Waals surface area contributed by atoms with E-state index in [9.17, 15) is 0 Å². The largest absolute Gasteiger partial charge is 0.454 e. The molecule has 0 saturated carbocycles. The Labute approximate surface area is 338 Å². The van der Waals surface area contributed by atoms with Crippen LogP contribution in [0.2, 0.25) is 0 Å². The molecule has 0 radical (unpaired) electrons. The number of fused-ring (bicyclic) bond motifs is 9. The van der Waals surface area contributed by atoms with Crippen LogP contribution in [-0.4, -0.2) is 4.57 Å². The number of aromatic nitrogens is 1. The maximum Gasteiger partial charge on any atom is 0.159 e. The lowest BCUT2D eigenvalue weighted by molar-refractivity contribution is 0.669.